The number of hydrogen-bond acceptors (Lipinski definition) is 7. The van der Waals surface area contributed by atoms with Crippen LogP contribution in [0.5, 0.6) is 11.5 Å². The molecule has 2 N–H and O–H groups in total. The molecule has 2 heterocycles. The molecule has 32 heavy (non-hydrogen) atoms. The largest absolute Gasteiger partial charge is 0.490 e. The summed E-state index contributed by atoms with van der Waals surface area (Å²) in [7, 11) is -3.82. The quantitative estimate of drug-likeness (QED) is 0.647. The summed E-state index contributed by atoms with van der Waals surface area (Å²) in [5.74, 6) is 0.516. The lowest BCUT2D eigenvalue weighted by Gasteiger charge is -2.14. The molecule has 0 atom stereocenters. The SMILES string of the molecule is O=C(CCNS(=O)(=O)c1ccc2c(c1)OCCCO2)Nc1cccc(N2CCOC2=O)c1. The number of nitrogens with one attached hydrogen (secondary N) is 2. The van der Waals surface area contributed by atoms with Gasteiger partial charge in [-0.15, -0.1) is 0 Å². The highest BCUT2D eigenvalue weighted by molar-refractivity contribution is 7.89. The van der Waals surface area contributed by atoms with Gasteiger partial charge < -0.3 is 19.5 Å². The normalized spacial score (nSPS) is 15.8. The first kappa shape index (κ1) is 21.9. The van der Waals surface area contributed by atoms with Crippen molar-refractivity contribution in [1.29, 1.82) is 0 Å². The van der Waals surface area contributed by atoms with Crippen LogP contribution in [0.4, 0.5) is 16.2 Å². The van der Waals surface area contributed by atoms with E-state index in [1.165, 1.54) is 17.0 Å². The van der Waals surface area contributed by atoms with Crippen LogP contribution in [-0.4, -0.2) is 53.3 Å². The standard InChI is InChI=1S/C21H23N3O7S/c25-20(23-15-3-1-4-16(13-15)24-9-12-31-21(24)26)7-8-22-32(27,28)17-5-6-18-19(14-17)30-11-2-10-29-18/h1,3-6,13-14,22H,2,7-12H2,(H,23,25). The molecule has 0 radical (unpaired) electrons. The number of carbonyl (C=O) groups excluding carboxylic acids is 2. The fraction of sp³-hybridized carbons (Fsp3) is 0.333. The molecule has 1 saturated heterocycles. The van der Waals surface area contributed by atoms with Crippen LogP contribution in [0.15, 0.2) is 47.4 Å². The van der Waals surface area contributed by atoms with Crippen LogP contribution in [0.3, 0.4) is 0 Å². The number of rotatable bonds is 7. The number of amides is 2. The maximum atomic E-state index is 12.6. The van der Waals surface area contributed by atoms with Gasteiger partial charge in [-0.25, -0.2) is 17.9 Å². The van der Waals surface area contributed by atoms with E-state index in [9.17, 15) is 18.0 Å². The first-order valence-electron chi connectivity index (χ1n) is 10.2. The van der Waals surface area contributed by atoms with Gasteiger partial charge in [0.25, 0.3) is 0 Å². The lowest BCUT2D eigenvalue weighted by molar-refractivity contribution is -0.116. The minimum absolute atomic E-state index is 0.0346. The monoisotopic (exact) mass is 461 g/mol. The summed E-state index contributed by atoms with van der Waals surface area (Å²) in [6.45, 7) is 1.64. The van der Waals surface area contributed by atoms with Crippen molar-refractivity contribution >= 4 is 33.4 Å². The number of fused-ring (bicyclic) bond motifs is 1. The Labute approximate surface area is 185 Å². The smallest absolute Gasteiger partial charge is 0.414 e. The Balaban J connectivity index is 1.32. The molecule has 0 aliphatic carbocycles. The molecule has 0 saturated carbocycles. The highest BCUT2D eigenvalue weighted by Gasteiger charge is 2.24. The molecule has 1 fully saturated rings. The van der Waals surface area contributed by atoms with Crippen molar-refractivity contribution in [3.63, 3.8) is 0 Å². The van der Waals surface area contributed by atoms with Crippen molar-refractivity contribution in [2.75, 3.05) is 43.1 Å². The number of benzene rings is 2. The number of ether oxygens (including phenoxy) is 3. The van der Waals surface area contributed by atoms with Gasteiger partial charge in [-0.1, -0.05) is 6.07 Å². The van der Waals surface area contributed by atoms with Gasteiger partial charge in [0.1, 0.15) is 6.61 Å². The Kier molecular flexibility index (Phi) is 6.47. The molecule has 10 nitrogen and oxygen atoms in total. The Morgan fingerprint density at radius 1 is 1.00 bits per heavy atom. The number of cyclic esters (lactones) is 1. The summed E-state index contributed by atoms with van der Waals surface area (Å²) in [6, 6.07) is 11.2. The molecule has 0 unspecified atom stereocenters. The molecular formula is C21H23N3O7S. The van der Waals surface area contributed by atoms with Gasteiger partial charge in [0.2, 0.25) is 15.9 Å². The van der Waals surface area contributed by atoms with E-state index >= 15 is 0 Å². The third-order valence-electron chi connectivity index (χ3n) is 4.88. The zero-order chi connectivity index (χ0) is 22.6. The molecule has 0 aromatic heterocycles. The first-order chi connectivity index (χ1) is 15.4. The highest BCUT2D eigenvalue weighted by Crippen LogP contribution is 2.31. The van der Waals surface area contributed by atoms with Crippen molar-refractivity contribution in [2.45, 2.75) is 17.7 Å². The van der Waals surface area contributed by atoms with Gasteiger partial charge in [-0.2, -0.15) is 0 Å². The molecule has 2 aliphatic rings. The zero-order valence-corrected chi connectivity index (χ0v) is 18.0. The molecule has 2 amide bonds. The van der Waals surface area contributed by atoms with E-state index in [1.54, 1.807) is 30.3 Å². The molecule has 0 spiro atoms. The molecule has 2 aromatic rings. The molecule has 11 heteroatoms. The van der Waals surface area contributed by atoms with Crippen LogP contribution in [0.1, 0.15) is 12.8 Å². The highest BCUT2D eigenvalue weighted by atomic mass is 32.2. The maximum Gasteiger partial charge on any atom is 0.414 e. The summed E-state index contributed by atoms with van der Waals surface area (Å²) in [5.41, 5.74) is 1.11. The minimum Gasteiger partial charge on any atom is -0.490 e. The summed E-state index contributed by atoms with van der Waals surface area (Å²) in [4.78, 5) is 25.5. The molecule has 2 aliphatic heterocycles. The van der Waals surface area contributed by atoms with Gasteiger partial charge in [-0.3, -0.25) is 9.69 Å². The fourth-order valence-electron chi connectivity index (χ4n) is 3.30. The third kappa shape index (κ3) is 5.11. The Morgan fingerprint density at radius 2 is 1.81 bits per heavy atom. The number of nitrogens with zero attached hydrogens (tertiary/aromatic N) is 1. The predicted molar refractivity (Wildman–Crippen MR) is 116 cm³/mol. The second kappa shape index (κ2) is 9.45. The van der Waals surface area contributed by atoms with Crippen LogP contribution in [-0.2, 0) is 19.6 Å². The van der Waals surface area contributed by atoms with Crippen molar-refractivity contribution in [3.8, 4) is 11.5 Å². The number of sulfonamides is 1. The Bertz CT molecular complexity index is 1120. The average molecular weight is 461 g/mol. The summed E-state index contributed by atoms with van der Waals surface area (Å²) < 4.78 is 43.5. The molecular weight excluding hydrogens is 438 g/mol. The maximum absolute atomic E-state index is 12.6. The Hall–Kier alpha value is -3.31. The van der Waals surface area contributed by atoms with E-state index in [0.29, 0.717) is 49.2 Å². The second-order valence-corrected chi connectivity index (χ2v) is 8.94. The van der Waals surface area contributed by atoms with Crippen molar-refractivity contribution in [1.82, 2.24) is 4.72 Å². The third-order valence-corrected chi connectivity index (χ3v) is 6.33. The van der Waals surface area contributed by atoms with Crippen LogP contribution >= 0.6 is 0 Å². The number of carbonyl (C=O) groups is 2. The van der Waals surface area contributed by atoms with Gasteiger partial charge in [0.05, 0.1) is 24.7 Å². The number of anilines is 2. The van der Waals surface area contributed by atoms with Crippen molar-refractivity contribution < 1.29 is 32.2 Å². The zero-order valence-electron chi connectivity index (χ0n) is 17.2. The van der Waals surface area contributed by atoms with Gasteiger partial charge in [-0.05, 0) is 30.3 Å². The minimum atomic E-state index is -3.82. The first-order valence-corrected chi connectivity index (χ1v) is 11.6. The summed E-state index contributed by atoms with van der Waals surface area (Å²) in [6.07, 6.45) is 0.215. The van der Waals surface area contributed by atoms with Gasteiger partial charge in [0, 0.05) is 36.8 Å². The van der Waals surface area contributed by atoms with Crippen LogP contribution in [0.25, 0.3) is 0 Å². The summed E-state index contributed by atoms with van der Waals surface area (Å²) in [5, 5.41) is 2.71. The van der Waals surface area contributed by atoms with Crippen molar-refractivity contribution in [2.24, 2.45) is 0 Å². The van der Waals surface area contributed by atoms with Crippen LogP contribution in [0.2, 0.25) is 0 Å². The lowest BCUT2D eigenvalue weighted by atomic mass is 10.2. The number of hydrogen-bond donors (Lipinski definition) is 2. The lowest BCUT2D eigenvalue weighted by Crippen LogP contribution is -2.28. The van der Waals surface area contributed by atoms with Crippen LogP contribution < -0.4 is 24.4 Å². The van der Waals surface area contributed by atoms with E-state index < -0.39 is 16.1 Å². The van der Waals surface area contributed by atoms with Gasteiger partial charge in [0.15, 0.2) is 11.5 Å². The molecule has 170 valence electrons. The molecule has 2 aromatic carbocycles. The van der Waals surface area contributed by atoms with E-state index in [2.05, 4.69) is 10.0 Å². The van der Waals surface area contributed by atoms with Crippen LogP contribution in [0, 0.1) is 0 Å². The summed E-state index contributed by atoms with van der Waals surface area (Å²) >= 11 is 0. The van der Waals surface area contributed by atoms with Crippen molar-refractivity contribution in [3.05, 3.63) is 42.5 Å². The van der Waals surface area contributed by atoms with E-state index in [0.717, 1.165) is 6.42 Å². The predicted octanol–water partition coefficient (Wildman–Crippen LogP) is 2.11. The van der Waals surface area contributed by atoms with Gasteiger partial charge >= 0.3 is 6.09 Å². The second-order valence-electron chi connectivity index (χ2n) is 7.17. The van der Waals surface area contributed by atoms with E-state index in [-0.39, 0.29) is 23.8 Å². The fourth-order valence-corrected chi connectivity index (χ4v) is 4.34. The molecule has 4 rings (SSSR count). The topological polar surface area (TPSA) is 123 Å². The Morgan fingerprint density at radius 3 is 2.59 bits per heavy atom. The average Bonchev–Trinajstić information content (AvgIpc) is 3.05. The van der Waals surface area contributed by atoms with E-state index in [4.69, 9.17) is 14.2 Å². The molecule has 0 bridgehead atoms. The van der Waals surface area contributed by atoms with E-state index in [1.807, 2.05) is 0 Å².